The third-order valence-electron chi connectivity index (χ3n) is 5.19. The Labute approximate surface area is 169 Å². The largest absolute Gasteiger partial charge is 0.338 e. The Morgan fingerprint density at radius 2 is 2.00 bits per heavy atom. The van der Waals surface area contributed by atoms with E-state index in [1.165, 1.54) is 11.8 Å². The minimum atomic E-state index is -3.02. The number of carbonyl (C=O) groups is 1. The molecule has 4 rings (SSSR count). The van der Waals surface area contributed by atoms with E-state index >= 15 is 0 Å². The number of sulfone groups is 1. The smallest absolute Gasteiger partial charge is 0.233 e. The van der Waals surface area contributed by atoms with Crippen LogP contribution in [0.15, 0.2) is 35.5 Å². The molecule has 28 heavy (non-hydrogen) atoms. The molecule has 1 aliphatic carbocycles. The maximum atomic E-state index is 12.7. The molecule has 2 aromatic rings. The molecule has 0 bridgehead atoms. The first-order chi connectivity index (χ1) is 13.5. The lowest BCUT2D eigenvalue weighted by Gasteiger charge is -2.26. The zero-order valence-corrected chi connectivity index (χ0v) is 17.5. The standard InChI is InChI=1S/C19H24N4O3S2/c1-2-22(16-10-11-28(25,26)13-16)17(24)12-27-19-20-18(14-8-9-14)23(21-19)15-6-4-3-5-7-15/h3-7,14,16H,2,8-13H2,1H3/t16-/m1/s1. The van der Waals surface area contributed by atoms with Gasteiger partial charge in [0.1, 0.15) is 5.82 Å². The fraction of sp³-hybridized carbons (Fsp3) is 0.526. The Kier molecular flexibility index (Phi) is 5.46. The highest BCUT2D eigenvalue weighted by Gasteiger charge is 2.34. The summed E-state index contributed by atoms with van der Waals surface area (Å²) in [5.74, 6) is 1.79. The van der Waals surface area contributed by atoms with Gasteiger partial charge in [-0.25, -0.2) is 18.1 Å². The monoisotopic (exact) mass is 420 g/mol. The van der Waals surface area contributed by atoms with Crippen molar-refractivity contribution in [3.05, 3.63) is 36.2 Å². The molecule has 0 spiro atoms. The second kappa shape index (κ2) is 7.87. The molecule has 1 atom stereocenters. The number of benzene rings is 1. The average molecular weight is 421 g/mol. The van der Waals surface area contributed by atoms with Gasteiger partial charge >= 0.3 is 0 Å². The van der Waals surface area contributed by atoms with Gasteiger partial charge in [-0.15, -0.1) is 5.10 Å². The summed E-state index contributed by atoms with van der Waals surface area (Å²) in [7, 11) is -3.02. The Hall–Kier alpha value is -1.87. The minimum Gasteiger partial charge on any atom is -0.338 e. The average Bonchev–Trinajstić information content (AvgIpc) is 3.34. The number of rotatable bonds is 7. The van der Waals surface area contributed by atoms with E-state index in [2.05, 4.69) is 10.1 Å². The van der Waals surface area contributed by atoms with E-state index in [1.807, 2.05) is 41.9 Å². The Balaban J connectivity index is 1.45. The van der Waals surface area contributed by atoms with Gasteiger partial charge in [-0.3, -0.25) is 4.79 Å². The van der Waals surface area contributed by atoms with Gasteiger partial charge in [0.15, 0.2) is 9.84 Å². The van der Waals surface area contributed by atoms with Crippen LogP contribution in [0.1, 0.15) is 37.9 Å². The lowest BCUT2D eigenvalue weighted by atomic mass is 10.2. The molecule has 0 N–H and O–H groups in total. The summed E-state index contributed by atoms with van der Waals surface area (Å²) in [6.45, 7) is 2.40. The molecule has 9 heteroatoms. The number of nitrogens with zero attached hydrogens (tertiary/aromatic N) is 4. The van der Waals surface area contributed by atoms with Crippen LogP contribution in [0.3, 0.4) is 0 Å². The first-order valence-electron chi connectivity index (χ1n) is 9.62. The van der Waals surface area contributed by atoms with Crippen LogP contribution in [-0.2, 0) is 14.6 Å². The van der Waals surface area contributed by atoms with E-state index in [9.17, 15) is 13.2 Å². The predicted molar refractivity (Wildman–Crippen MR) is 109 cm³/mol. The molecule has 150 valence electrons. The summed E-state index contributed by atoms with van der Waals surface area (Å²) in [6.07, 6.45) is 2.77. The topological polar surface area (TPSA) is 85.2 Å². The minimum absolute atomic E-state index is 0.0568. The first kappa shape index (κ1) is 19.4. The molecular formula is C19H24N4O3S2. The maximum Gasteiger partial charge on any atom is 0.233 e. The molecule has 7 nitrogen and oxygen atoms in total. The van der Waals surface area contributed by atoms with Crippen LogP contribution in [0.25, 0.3) is 5.69 Å². The zero-order chi connectivity index (χ0) is 19.7. The molecule has 2 aliphatic rings. The first-order valence-corrected chi connectivity index (χ1v) is 12.4. The van der Waals surface area contributed by atoms with Crippen molar-refractivity contribution in [2.45, 2.75) is 43.3 Å². The van der Waals surface area contributed by atoms with E-state index in [4.69, 9.17) is 0 Å². The Morgan fingerprint density at radius 3 is 2.61 bits per heavy atom. The van der Waals surface area contributed by atoms with Crippen molar-refractivity contribution in [3.63, 3.8) is 0 Å². The van der Waals surface area contributed by atoms with Crippen molar-refractivity contribution in [2.24, 2.45) is 0 Å². The molecule has 2 heterocycles. The van der Waals surface area contributed by atoms with E-state index in [1.54, 1.807) is 4.90 Å². The van der Waals surface area contributed by atoms with Crippen LogP contribution >= 0.6 is 11.8 Å². The fourth-order valence-corrected chi connectivity index (χ4v) is 6.05. The van der Waals surface area contributed by atoms with Crippen LogP contribution < -0.4 is 0 Å². The summed E-state index contributed by atoms with van der Waals surface area (Å²) >= 11 is 1.32. The summed E-state index contributed by atoms with van der Waals surface area (Å²) in [4.78, 5) is 19.1. The highest BCUT2D eigenvalue weighted by molar-refractivity contribution is 7.99. The molecule has 1 aromatic carbocycles. The van der Waals surface area contributed by atoms with Gasteiger partial charge in [0.2, 0.25) is 11.1 Å². The van der Waals surface area contributed by atoms with Gasteiger partial charge in [-0.05, 0) is 38.3 Å². The number of hydrogen-bond acceptors (Lipinski definition) is 6. The number of aromatic nitrogens is 3. The number of hydrogen-bond donors (Lipinski definition) is 0. The number of thioether (sulfide) groups is 1. The third kappa shape index (κ3) is 4.25. The van der Waals surface area contributed by atoms with Crippen molar-refractivity contribution < 1.29 is 13.2 Å². The molecule has 1 aromatic heterocycles. The molecule has 2 fully saturated rings. The van der Waals surface area contributed by atoms with E-state index < -0.39 is 9.84 Å². The summed E-state index contributed by atoms with van der Waals surface area (Å²) in [6, 6.07) is 9.70. The van der Waals surface area contributed by atoms with Crippen molar-refractivity contribution in [1.29, 1.82) is 0 Å². The molecule has 1 amide bonds. The highest BCUT2D eigenvalue weighted by Crippen LogP contribution is 2.40. The van der Waals surface area contributed by atoms with E-state index in [0.29, 0.717) is 24.0 Å². The highest BCUT2D eigenvalue weighted by atomic mass is 32.2. The van der Waals surface area contributed by atoms with E-state index in [-0.39, 0.29) is 29.2 Å². The van der Waals surface area contributed by atoms with Crippen molar-refractivity contribution >= 4 is 27.5 Å². The Morgan fingerprint density at radius 1 is 1.25 bits per heavy atom. The molecular weight excluding hydrogens is 396 g/mol. The van der Waals surface area contributed by atoms with E-state index in [0.717, 1.165) is 24.4 Å². The number of carbonyl (C=O) groups excluding carboxylic acids is 1. The van der Waals surface area contributed by atoms with Crippen LogP contribution in [0, 0.1) is 0 Å². The normalized spacial score (nSPS) is 21.0. The van der Waals surface area contributed by atoms with Gasteiger partial charge in [-0.1, -0.05) is 30.0 Å². The second-order valence-corrected chi connectivity index (χ2v) is 10.5. The molecule has 1 aliphatic heterocycles. The van der Waals surface area contributed by atoms with Crippen molar-refractivity contribution in [3.8, 4) is 5.69 Å². The summed E-state index contributed by atoms with van der Waals surface area (Å²) in [5, 5.41) is 5.21. The zero-order valence-electron chi connectivity index (χ0n) is 15.8. The third-order valence-corrected chi connectivity index (χ3v) is 7.76. The predicted octanol–water partition coefficient (Wildman–Crippen LogP) is 2.27. The van der Waals surface area contributed by atoms with Crippen LogP contribution in [-0.4, -0.2) is 63.8 Å². The maximum absolute atomic E-state index is 12.7. The lowest BCUT2D eigenvalue weighted by molar-refractivity contribution is -0.129. The molecule has 0 radical (unpaired) electrons. The summed E-state index contributed by atoms with van der Waals surface area (Å²) < 4.78 is 25.4. The SMILES string of the molecule is CCN(C(=O)CSc1nc(C2CC2)n(-c2ccccc2)n1)[C@@H]1CCS(=O)(=O)C1. The van der Waals surface area contributed by atoms with Gasteiger partial charge in [0.25, 0.3) is 0 Å². The quantitative estimate of drug-likeness (QED) is 0.639. The van der Waals surface area contributed by atoms with Gasteiger partial charge in [-0.2, -0.15) is 0 Å². The Bertz CT molecular complexity index is 955. The number of amides is 1. The fourth-order valence-electron chi connectivity index (χ4n) is 3.60. The van der Waals surface area contributed by atoms with Crippen molar-refractivity contribution in [2.75, 3.05) is 23.8 Å². The van der Waals surface area contributed by atoms with Crippen LogP contribution in [0.5, 0.6) is 0 Å². The number of para-hydroxylation sites is 1. The van der Waals surface area contributed by atoms with Gasteiger partial charge in [0, 0.05) is 18.5 Å². The summed E-state index contributed by atoms with van der Waals surface area (Å²) in [5.41, 5.74) is 0.974. The second-order valence-electron chi connectivity index (χ2n) is 7.30. The van der Waals surface area contributed by atoms with Crippen LogP contribution in [0.2, 0.25) is 0 Å². The molecule has 1 saturated heterocycles. The molecule has 0 unspecified atom stereocenters. The van der Waals surface area contributed by atoms with Gasteiger partial charge in [0.05, 0.1) is 22.9 Å². The van der Waals surface area contributed by atoms with Gasteiger partial charge < -0.3 is 4.90 Å². The van der Waals surface area contributed by atoms with Crippen LogP contribution in [0.4, 0.5) is 0 Å². The lowest BCUT2D eigenvalue weighted by Crippen LogP contribution is -2.41. The molecule has 1 saturated carbocycles. The van der Waals surface area contributed by atoms with Crippen molar-refractivity contribution in [1.82, 2.24) is 19.7 Å².